The van der Waals surface area contributed by atoms with E-state index >= 15 is 0 Å². The number of aromatic nitrogens is 2. The molecule has 2 heterocycles. The van der Waals surface area contributed by atoms with Crippen LogP contribution in [0, 0.1) is 0 Å². The molecule has 1 aromatic heterocycles. The number of halogens is 1. The standard InChI is InChI=1S/C9H10FN3O3S/c10-17(15,16)8-3-9(14)13(5-8)4-7-1-2-11-6-12-7/h1-2,6,8H,3-5H2. The molecule has 0 N–H and O–H groups in total. The molecule has 2 rings (SSSR count). The molecule has 1 fully saturated rings. The van der Waals surface area contributed by atoms with Gasteiger partial charge in [0.2, 0.25) is 5.91 Å². The van der Waals surface area contributed by atoms with Crippen LogP contribution in [0.15, 0.2) is 18.6 Å². The first-order valence-corrected chi connectivity index (χ1v) is 6.37. The Bertz CT molecular complexity index is 520. The third-order valence-corrected chi connectivity index (χ3v) is 3.69. The van der Waals surface area contributed by atoms with Crippen LogP contribution >= 0.6 is 0 Å². The van der Waals surface area contributed by atoms with Crippen molar-refractivity contribution in [2.45, 2.75) is 18.2 Å². The molecule has 0 bridgehead atoms. The van der Waals surface area contributed by atoms with Crippen molar-refractivity contribution in [1.82, 2.24) is 14.9 Å². The molecule has 1 aliphatic rings. The maximum atomic E-state index is 12.7. The van der Waals surface area contributed by atoms with Gasteiger partial charge in [0.05, 0.1) is 12.2 Å². The minimum absolute atomic E-state index is 0.123. The second-order valence-electron chi connectivity index (χ2n) is 3.78. The van der Waals surface area contributed by atoms with Crippen LogP contribution < -0.4 is 0 Å². The average Bonchev–Trinajstić information content (AvgIpc) is 2.62. The number of rotatable bonds is 3. The molecule has 1 unspecified atom stereocenters. The SMILES string of the molecule is O=C1CC(S(=O)(=O)F)CN1Cc1ccncn1. The summed E-state index contributed by atoms with van der Waals surface area (Å²) in [5, 5.41) is -1.25. The van der Waals surface area contributed by atoms with Crippen molar-refractivity contribution < 1.29 is 17.1 Å². The van der Waals surface area contributed by atoms with E-state index in [1.807, 2.05) is 0 Å². The van der Waals surface area contributed by atoms with Crippen molar-refractivity contribution in [3.05, 3.63) is 24.3 Å². The molecule has 1 atom stereocenters. The maximum absolute atomic E-state index is 12.7. The van der Waals surface area contributed by atoms with Gasteiger partial charge in [-0.2, -0.15) is 8.42 Å². The third kappa shape index (κ3) is 2.76. The Kier molecular flexibility index (Phi) is 3.05. The molecule has 92 valence electrons. The predicted molar refractivity (Wildman–Crippen MR) is 55.9 cm³/mol. The van der Waals surface area contributed by atoms with Crippen LogP contribution in [0.2, 0.25) is 0 Å². The Morgan fingerprint density at radius 1 is 1.53 bits per heavy atom. The molecule has 0 aliphatic carbocycles. The van der Waals surface area contributed by atoms with Crippen LogP contribution in [0.25, 0.3) is 0 Å². The fourth-order valence-electron chi connectivity index (χ4n) is 1.68. The molecular weight excluding hydrogens is 249 g/mol. The van der Waals surface area contributed by atoms with Crippen molar-refractivity contribution in [2.75, 3.05) is 6.54 Å². The van der Waals surface area contributed by atoms with E-state index in [1.165, 1.54) is 17.4 Å². The molecule has 1 aliphatic heterocycles. The smallest absolute Gasteiger partial charge is 0.307 e. The van der Waals surface area contributed by atoms with Crippen molar-refractivity contribution in [1.29, 1.82) is 0 Å². The van der Waals surface area contributed by atoms with Gasteiger partial charge in [-0.3, -0.25) is 4.79 Å². The first kappa shape index (κ1) is 11.9. The van der Waals surface area contributed by atoms with E-state index in [-0.39, 0.29) is 25.4 Å². The fraction of sp³-hybridized carbons (Fsp3) is 0.444. The van der Waals surface area contributed by atoms with Crippen LogP contribution in [0.5, 0.6) is 0 Å². The minimum atomic E-state index is -4.66. The van der Waals surface area contributed by atoms with Gasteiger partial charge in [0.15, 0.2) is 0 Å². The summed E-state index contributed by atoms with van der Waals surface area (Å²) in [7, 11) is -4.66. The summed E-state index contributed by atoms with van der Waals surface area (Å²) in [6, 6.07) is 1.62. The number of likely N-dealkylation sites (tertiary alicyclic amines) is 1. The van der Waals surface area contributed by atoms with Gasteiger partial charge in [0, 0.05) is 19.2 Å². The van der Waals surface area contributed by atoms with E-state index < -0.39 is 15.5 Å². The number of carbonyl (C=O) groups is 1. The van der Waals surface area contributed by atoms with Gasteiger partial charge in [0.25, 0.3) is 0 Å². The molecule has 1 saturated heterocycles. The van der Waals surface area contributed by atoms with Gasteiger partial charge in [0.1, 0.15) is 11.6 Å². The molecule has 6 nitrogen and oxygen atoms in total. The Morgan fingerprint density at radius 3 is 2.82 bits per heavy atom. The summed E-state index contributed by atoms with van der Waals surface area (Å²) in [5.74, 6) is -0.380. The zero-order chi connectivity index (χ0) is 12.5. The van der Waals surface area contributed by atoms with Gasteiger partial charge >= 0.3 is 10.2 Å². The van der Waals surface area contributed by atoms with Crippen LogP contribution in [0.3, 0.4) is 0 Å². The Labute approximate surface area is 97.7 Å². The van der Waals surface area contributed by atoms with Crippen molar-refractivity contribution >= 4 is 16.1 Å². The lowest BCUT2D eigenvalue weighted by Crippen LogP contribution is -2.27. The summed E-state index contributed by atoms with van der Waals surface area (Å²) in [6.07, 6.45) is 2.55. The van der Waals surface area contributed by atoms with E-state index in [4.69, 9.17) is 0 Å². The summed E-state index contributed by atoms with van der Waals surface area (Å²) in [4.78, 5) is 20.4. The summed E-state index contributed by atoms with van der Waals surface area (Å²) in [5.41, 5.74) is 0.588. The highest BCUT2D eigenvalue weighted by molar-refractivity contribution is 7.87. The normalized spacial score (nSPS) is 20.9. The number of hydrogen-bond donors (Lipinski definition) is 0. The Morgan fingerprint density at radius 2 is 2.29 bits per heavy atom. The fourth-order valence-corrected chi connectivity index (χ4v) is 2.38. The quantitative estimate of drug-likeness (QED) is 0.707. The largest absolute Gasteiger partial charge is 0.335 e. The maximum Gasteiger partial charge on any atom is 0.307 e. The van der Waals surface area contributed by atoms with Gasteiger partial charge < -0.3 is 4.90 Å². The van der Waals surface area contributed by atoms with Gasteiger partial charge in [-0.25, -0.2) is 9.97 Å². The number of carbonyl (C=O) groups excluding carboxylic acids is 1. The van der Waals surface area contributed by atoms with Gasteiger partial charge in [-0.1, -0.05) is 0 Å². The van der Waals surface area contributed by atoms with E-state index in [2.05, 4.69) is 9.97 Å². The molecule has 0 spiro atoms. The highest BCUT2D eigenvalue weighted by Gasteiger charge is 2.38. The second-order valence-corrected chi connectivity index (χ2v) is 5.39. The number of amides is 1. The topological polar surface area (TPSA) is 80.2 Å². The molecule has 0 aromatic carbocycles. The monoisotopic (exact) mass is 259 g/mol. The van der Waals surface area contributed by atoms with Crippen molar-refractivity contribution in [3.63, 3.8) is 0 Å². The summed E-state index contributed by atoms with van der Waals surface area (Å²) >= 11 is 0. The molecular formula is C9H10FN3O3S. The van der Waals surface area contributed by atoms with Crippen LogP contribution in [-0.2, 0) is 21.6 Å². The Hall–Kier alpha value is -1.57. The number of nitrogens with zero attached hydrogens (tertiary/aromatic N) is 3. The zero-order valence-corrected chi connectivity index (χ0v) is 9.60. The van der Waals surface area contributed by atoms with Crippen LogP contribution in [0.1, 0.15) is 12.1 Å². The zero-order valence-electron chi connectivity index (χ0n) is 8.78. The van der Waals surface area contributed by atoms with E-state index in [9.17, 15) is 17.1 Å². The average molecular weight is 259 g/mol. The number of hydrogen-bond acceptors (Lipinski definition) is 5. The molecule has 17 heavy (non-hydrogen) atoms. The van der Waals surface area contributed by atoms with Gasteiger partial charge in [-0.05, 0) is 6.07 Å². The highest BCUT2D eigenvalue weighted by Crippen LogP contribution is 2.20. The molecule has 0 radical (unpaired) electrons. The van der Waals surface area contributed by atoms with Crippen molar-refractivity contribution in [2.24, 2.45) is 0 Å². The van der Waals surface area contributed by atoms with Crippen LogP contribution in [-0.4, -0.2) is 41.0 Å². The minimum Gasteiger partial charge on any atom is -0.335 e. The summed E-state index contributed by atoms with van der Waals surface area (Å²) in [6.45, 7) is 0.0506. The van der Waals surface area contributed by atoms with Gasteiger partial charge in [-0.15, -0.1) is 3.89 Å². The van der Waals surface area contributed by atoms with Crippen molar-refractivity contribution in [3.8, 4) is 0 Å². The van der Waals surface area contributed by atoms with E-state index in [1.54, 1.807) is 6.07 Å². The van der Waals surface area contributed by atoms with E-state index in [0.717, 1.165) is 0 Å². The lowest BCUT2D eigenvalue weighted by Gasteiger charge is -2.14. The predicted octanol–water partition coefficient (Wildman–Crippen LogP) is -0.123. The third-order valence-electron chi connectivity index (χ3n) is 2.57. The molecule has 8 heteroatoms. The first-order chi connectivity index (χ1) is 7.97. The Balaban J connectivity index is 2.07. The highest BCUT2D eigenvalue weighted by atomic mass is 32.3. The lowest BCUT2D eigenvalue weighted by atomic mass is 10.4. The first-order valence-electron chi connectivity index (χ1n) is 4.93. The van der Waals surface area contributed by atoms with Crippen LogP contribution in [0.4, 0.5) is 3.89 Å². The molecule has 1 amide bonds. The van der Waals surface area contributed by atoms with E-state index in [0.29, 0.717) is 5.69 Å². The second kappa shape index (κ2) is 4.36. The molecule has 0 saturated carbocycles. The summed E-state index contributed by atoms with van der Waals surface area (Å²) < 4.78 is 34.2. The molecule has 1 aromatic rings. The lowest BCUT2D eigenvalue weighted by molar-refractivity contribution is -0.128.